The molecule has 0 saturated carbocycles. The maximum absolute atomic E-state index is 5.88. The largest absolute Gasteiger partial charge is 0.473 e. The van der Waals surface area contributed by atoms with Crippen LogP contribution >= 0.6 is 22.9 Å². The third kappa shape index (κ3) is 4.01. The molecule has 0 amide bonds. The van der Waals surface area contributed by atoms with E-state index in [1.165, 1.54) is 0 Å². The quantitative estimate of drug-likeness (QED) is 0.882. The number of nitrogens with two attached hydrogens (primary N) is 1. The minimum absolute atomic E-state index is 0.0427. The van der Waals surface area contributed by atoms with Gasteiger partial charge >= 0.3 is 0 Å². The number of nitrogen functional groups attached to an aromatic ring is 1. The Labute approximate surface area is 121 Å². The standard InChI is InChI=1S/C13H16ClN3OS/c1-8(2)18-13-10(15)4-6-12(17-13)16-7-9-3-5-11(14)19-9/h3-6,8H,7,15H2,1-2H3,(H,16,17). The summed E-state index contributed by atoms with van der Waals surface area (Å²) in [6.07, 6.45) is 0.0427. The van der Waals surface area contributed by atoms with E-state index in [4.69, 9.17) is 22.1 Å². The van der Waals surface area contributed by atoms with Crippen molar-refractivity contribution in [2.45, 2.75) is 26.5 Å². The normalized spacial score (nSPS) is 10.7. The first-order valence-electron chi connectivity index (χ1n) is 5.96. The van der Waals surface area contributed by atoms with E-state index < -0.39 is 0 Å². The zero-order valence-electron chi connectivity index (χ0n) is 10.8. The Morgan fingerprint density at radius 2 is 2.16 bits per heavy atom. The number of aromatic nitrogens is 1. The molecule has 0 aliphatic carbocycles. The first-order valence-corrected chi connectivity index (χ1v) is 7.15. The molecule has 0 unspecified atom stereocenters. The van der Waals surface area contributed by atoms with E-state index in [1.807, 2.05) is 32.0 Å². The van der Waals surface area contributed by atoms with E-state index in [2.05, 4.69) is 10.3 Å². The van der Waals surface area contributed by atoms with Gasteiger partial charge < -0.3 is 15.8 Å². The second-order valence-electron chi connectivity index (χ2n) is 4.32. The van der Waals surface area contributed by atoms with Crippen LogP contribution in [0, 0.1) is 0 Å². The zero-order valence-corrected chi connectivity index (χ0v) is 12.4. The van der Waals surface area contributed by atoms with E-state index in [0.717, 1.165) is 15.0 Å². The minimum Gasteiger partial charge on any atom is -0.473 e. The van der Waals surface area contributed by atoms with E-state index in [0.29, 0.717) is 18.1 Å². The molecular formula is C13H16ClN3OS. The van der Waals surface area contributed by atoms with Crippen LogP contribution in [0.15, 0.2) is 24.3 Å². The van der Waals surface area contributed by atoms with Gasteiger partial charge in [0.15, 0.2) is 0 Å². The molecule has 0 aliphatic rings. The number of halogens is 1. The van der Waals surface area contributed by atoms with E-state index in [9.17, 15) is 0 Å². The lowest BCUT2D eigenvalue weighted by Gasteiger charge is -2.12. The number of pyridine rings is 1. The van der Waals surface area contributed by atoms with Crippen LogP contribution in [0.5, 0.6) is 5.88 Å². The molecule has 0 radical (unpaired) electrons. The molecule has 0 atom stereocenters. The summed E-state index contributed by atoms with van der Waals surface area (Å²) in [6, 6.07) is 7.49. The Balaban J connectivity index is 2.04. The molecule has 2 heterocycles. The molecule has 3 N–H and O–H groups in total. The number of ether oxygens (including phenoxy) is 1. The van der Waals surface area contributed by atoms with Gasteiger partial charge in [-0.15, -0.1) is 11.3 Å². The highest BCUT2D eigenvalue weighted by Gasteiger charge is 2.06. The van der Waals surface area contributed by atoms with Gasteiger partial charge in [0.2, 0.25) is 5.88 Å². The molecule has 6 heteroatoms. The van der Waals surface area contributed by atoms with Crippen molar-refractivity contribution in [1.82, 2.24) is 4.98 Å². The van der Waals surface area contributed by atoms with Crippen molar-refractivity contribution in [1.29, 1.82) is 0 Å². The number of nitrogens with zero attached hydrogens (tertiary/aromatic N) is 1. The summed E-state index contributed by atoms with van der Waals surface area (Å²) in [5.41, 5.74) is 6.36. The topological polar surface area (TPSA) is 60.2 Å². The highest BCUT2D eigenvalue weighted by Crippen LogP contribution is 2.24. The van der Waals surface area contributed by atoms with Crippen LogP contribution in [-0.4, -0.2) is 11.1 Å². The van der Waals surface area contributed by atoms with E-state index in [-0.39, 0.29) is 6.10 Å². The number of nitrogens with one attached hydrogen (secondary N) is 1. The van der Waals surface area contributed by atoms with Gasteiger partial charge in [-0.1, -0.05) is 11.6 Å². The fourth-order valence-electron chi connectivity index (χ4n) is 1.49. The van der Waals surface area contributed by atoms with Crippen molar-refractivity contribution in [2.75, 3.05) is 11.1 Å². The molecule has 102 valence electrons. The number of rotatable bonds is 5. The van der Waals surface area contributed by atoms with Gasteiger partial charge in [-0.2, -0.15) is 4.98 Å². The minimum atomic E-state index is 0.0427. The monoisotopic (exact) mass is 297 g/mol. The maximum atomic E-state index is 5.88. The molecule has 2 aromatic rings. The predicted octanol–water partition coefficient (Wildman–Crippen LogP) is 3.78. The Morgan fingerprint density at radius 3 is 2.79 bits per heavy atom. The van der Waals surface area contributed by atoms with Crippen LogP contribution in [0.4, 0.5) is 11.5 Å². The second kappa shape index (κ2) is 6.12. The molecule has 0 fully saturated rings. The van der Waals surface area contributed by atoms with Gasteiger partial charge in [-0.05, 0) is 38.1 Å². The Bertz CT molecular complexity index is 557. The summed E-state index contributed by atoms with van der Waals surface area (Å²) < 4.78 is 6.33. The number of thiophene rings is 1. The molecule has 0 bridgehead atoms. The molecule has 0 spiro atoms. The van der Waals surface area contributed by atoms with Gasteiger partial charge in [0, 0.05) is 4.88 Å². The molecule has 0 aliphatic heterocycles. The van der Waals surface area contributed by atoms with Gasteiger partial charge in [-0.3, -0.25) is 0 Å². The summed E-state index contributed by atoms with van der Waals surface area (Å²) in [5, 5.41) is 3.22. The molecule has 19 heavy (non-hydrogen) atoms. The van der Waals surface area contributed by atoms with Crippen molar-refractivity contribution in [3.05, 3.63) is 33.5 Å². The van der Waals surface area contributed by atoms with E-state index >= 15 is 0 Å². The maximum Gasteiger partial charge on any atom is 0.239 e. The van der Waals surface area contributed by atoms with Crippen LogP contribution in [0.2, 0.25) is 4.34 Å². The second-order valence-corrected chi connectivity index (χ2v) is 6.12. The van der Waals surface area contributed by atoms with Crippen molar-refractivity contribution >= 4 is 34.4 Å². The van der Waals surface area contributed by atoms with Gasteiger partial charge in [0.1, 0.15) is 5.82 Å². The van der Waals surface area contributed by atoms with Crippen LogP contribution in [0.25, 0.3) is 0 Å². The fraction of sp³-hybridized carbons (Fsp3) is 0.308. The number of hydrogen-bond acceptors (Lipinski definition) is 5. The predicted molar refractivity (Wildman–Crippen MR) is 81.1 cm³/mol. The average Bonchev–Trinajstić information content (AvgIpc) is 2.75. The lowest BCUT2D eigenvalue weighted by molar-refractivity contribution is 0.234. The molecule has 2 aromatic heterocycles. The summed E-state index contributed by atoms with van der Waals surface area (Å²) in [6.45, 7) is 4.55. The zero-order chi connectivity index (χ0) is 13.8. The first-order chi connectivity index (χ1) is 9.04. The Kier molecular flexibility index (Phi) is 4.50. The highest BCUT2D eigenvalue weighted by atomic mass is 35.5. The average molecular weight is 298 g/mol. The van der Waals surface area contributed by atoms with Crippen LogP contribution in [0.1, 0.15) is 18.7 Å². The smallest absolute Gasteiger partial charge is 0.239 e. The van der Waals surface area contributed by atoms with Crippen LogP contribution in [-0.2, 0) is 6.54 Å². The lowest BCUT2D eigenvalue weighted by atomic mass is 10.3. The number of hydrogen-bond donors (Lipinski definition) is 2. The van der Waals surface area contributed by atoms with Gasteiger partial charge in [0.25, 0.3) is 0 Å². The van der Waals surface area contributed by atoms with Gasteiger partial charge in [-0.25, -0.2) is 0 Å². The van der Waals surface area contributed by atoms with Crippen molar-refractivity contribution in [2.24, 2.45) is 0 Å². The SMILES string of the molecule is CC(C)Oc1nc(NCc2ccc(Cl)s2)ccc1N. The lowest BCUT2D eigenvalue weighted by Crippen LogP contribution is -2.10. The summed E-state index contributed by atoms with van der Waals surface area (Å²) in [7, 11) is 0. The highest BCUT2D eigenvalue weighted by molar-refractivity contribution is 7.16. The molecule has 4 nitrogen and oxygen atoms in total. The van der Waals surface area contributed by atoms with Crippen molar-refractivity contribution < 1.29 is 4.74 Å². The van der Waals surface area contributed by atoms with Crippen molar-refractivity contribution in [3.8, 4) is 5.88 Å². The molecule has 0 aromatic carbocycles. The Morgan fingerprint density at radius 1 is 1.37 bits per heavy atom. The number of anilines is 2. The summed E-state index contributed by atoms with van der Waals surface area (Å²) in [5.74, 6) is 1.19. The first kappa shape index (κ1) is 14.0. The molecule has 0 saturated heterocycles. The molecule has 2 rings (SSSR count). The van der Waals surface area contributed by atoms with Crippen molar-refractivity contribution in [3.63, 3.8) is 0 Å². The van der Waals surface area contributed by atoms with E-state index in [1.54, 1.807) is 17.4 Å². The van der Waals surface area contributed by atoms with Crippen LogP contribution < -0.4 is 15.8 Å². The Hall–Kier alpha value is -1.46. The van der Waals surface area contributed by atoms with Crippen LogP contribution in [0.3, 0.4) is 0 Å². The summed E-state index contributed by atoms with van der Waals surface area (Å²) in [4.78, 5) is 5.50. The fourth-order valence-corrected chi connectivity index (χ4v) is 2.52. The summed E-state index contributed by atoms with van der Waals surface area (Å²) >= 11 is 7.43. The molecular weight excluding hydrogens is 282 g/mol. The van der Waals surface area contributed by atoms with Gasteiger partial charge in [0.05, 0.1) is 22.7 Å². The third-order valence-corrected chi connectivity index (χ3v) is 3.54. The third-order valence-electron chi connectivity index (χ3n) is 2.31.